The molecule has 1 unspecified atom stereocenters. The minimum atomic E-state index is -0.770. The average Bonchev–Trinajstić information content (AvgIpc) is 2.49. The molecule has 1 atom stereocenters. The molecule has 0 heterocycles. The van der Waals surface area contributed by atoms with E-state index in [2.05, 4.69) is 12.1 Å². The highest BCUT2D eigenvalue weighted by Crippen LogP contribution is 2.32. The van der Waals surface area contributed by atoms with Gasteiger partial charge in [0.05, 0.1) is 6.10 Å². The lowest BCUT2D eigenvalue weighted by molar-refractivity contribution is 0.195. The maximum Gasteiger partial charge on any atom is 0.133 e. The number of ether oxygens (including phenoxy) is 1. The molecule has 2 nitrogen and oxygen atoms in total. The van der Waals surface area contributed by atoms with E-state index < -0.39 is 6.10 Å². The second-order valence-electron chi connectivity index (χ2n) is 5.60. The summed E-state index contributed by atoms with van der Waals surface area (Å²) in [7, 11) is 0. The summed E-state index contributed by atoms with van der Waals surface area (Å²) in [6.07, 6.45) is 3.90. The summed E-state index contributed by atoms with van der Waals surface area (Å²) in [6, 6.07) is 10.3. The molecule has 0 amide bonds. The Morgan fingerprint density at radius 2 is 1.81 bits per heavy atom. The maximum atomic E-state index is 13.3. The Kier molecular flexibility index (Phi) is 3.93. The Morgan fingerprint density at radius 3 is 2.57 bits per heavy atom. The molecule has 0 fully saturated rings. The Hall–Kier alpha value is -1.87. The van der Waals surface area contributed by atoms with Crippen molar-refractivity contribution in [3.63, 3.8) is 0 Å². The highest BCUT2D eigenvalue weighted by molar-refractivity contribution is 5.42. The van der Waals surface area contributed by atoms with Gasteiger partial charge in [0.2, 0.25) is 0 Å². The van der Waals surface area contributed by atoms with Gasteiger partial charge in [0, 0.05) is 5.56 Å². The van der Waals surface area contributed by atoms with Crippen molar-refractivity contribution < 1.29 is 14.2 Å². The van der Waals surface area contributed by atoms with Crippen LogP contribution in [0.5, 0.6) is 11.5 Å². The number of aryl methyl sites for hydroxylation is 2. The van der Waals surface area contributed by atoms with Gasteiger partial charge in [-0.15, -0.1) is 0 Å². The number of hydrogen-bond acceptors (Lipinski definition) is 2. The zero-order chi connectivity index (χ0) is 14.8. The van der Waals surface area contributed by atoms with Crippen LogP contribution in [0.3, 0.4) is 0 Å². The SMILES string of the molecule is CC(O)c1cc(F)ccc1Oc1ccc2c(c1)CCCC2. The van der Waals surface area contributed by atoms with Crippen molar-refractivity contribution in [2.45, 2.75) is 38.7 Å². The van der Waals surface area contributed by atoms with E-state index >= 15 is 0 Å². The standard InChI is InChI=1S/C18H19FO2/c1-12(20)17-11-15(19)7-9-18(17)21-16-8-6-13-4-2-3-5-14(13)10-16/h6-12,20H,2-5H2,1H3. The number of rotatable bonds is 3. The minimum absolute atomic E-state index is 0.372. The molecule has 0 aromatic heterocycles. The van der Waals surface area contributed by atoms with Gasteiger partial charge in [-0.05, 0) is 74.1 Å². The Bertz CT molecular complexity index is 650. The number of aliphatic hydroxyl groups is 1. The van der Waals surface area contributed by atoms with Gasteiger partial charge < -0.3 is 9.84 Å². The quantitative estimate of drug-likeness (QED) is 0.897. The molecule has 110 valence electrons. The number of aliphatic hydroxyl groups excluding tert-OH is 1. The van der Waals surface area contributed by atoms with Crippen LogP contribution in [0.2, 0.25) is 0 Å². The van der Waals surface area contributed by atoms with Gasteiger partial charge >= 0.3 is 0 Å². The third kappa shape index (κ3) is 3.08. The molecule has 2 aromatic rings. The zero-order valence-electron chi connectivity index (χ0n) is 12.1. The molecule has 21 heavy (non-hydrogen) atoms. The van der Waals surface area contributed by atoms with Gasteiger partial charge in [0.1, 0.15) is 17.3 Å². The maximum absolute atomic E-state index is 13.3. The second kappa shape index (κ2) is 5.86. The predicted octanol–water partition coefficient (Wildman–Crippen LogP) is 4.55. The third-order valence-electron chi connectivity index (χ3n) is 3.97. The molecule has 1 N–H and O–H groups in total. The topological polar surface area (TPSA) is 29.5 Å². The lowest BCUT2D eigenvalue weighted by Crippen LogP contribution is -2.03. The van der Waals surface area contributed by atoms with Crippen LogP contribution in [0.15, 0.2) is 36.4 Å². The fraction of sp³-hybridized carbons (Fsp3) is 0.333. The first-order valence-corrected chi connectivity index (χ1v) is 7.40. The van der Waals surface area contributed by atoms with E-state index in [9.17, 15) is 9.50 Å². The van der Waals surface area contributed by atoms with Crippen molar-refractivity contribution in [1.29, 1.82) is 0 Å². The molecule has 0 saturated carbocycles. The molecule has 0 radical (unpaired) electrons. The number of halogens is 1. The lowest BCUT2D eigenvalue weighted by atomic mass is 9.92. The van der Waals surface area contributed by atoms with Crippen LogP contribution in [0.4, 0.5) is 4.39 Å². The number of benzene rings is 2. The van der Waals surface area contributed by atoms with Gasteiger partial charge in [-0.1, -0.05) is 6.07 Å². The smallest absolute Gasteiger partial charge is 0.133 e. The van der Waals surface area contributed by atoms with E-state index in [-0.39, 0.29) is 5.82 Å². The van der Waals surface area contributed by atoms with Crippen molar-refractivity contribution >= 4 is 0 Å². The first-order valence-electron chi connectivity index (χ1n) is 7.40. The minimum Gasteiger partial charge on any atom is -0.457 e. The van der Waals surface area contributed by atoms with Crippen molar-refractivity contribution in [3.8, 4) is 11.5 Å². The molecule has 0 aliphatic heterocycles. The van der Waals surface area contributed by atoms with Gasteiger partial charge in [-0.3, -0.25) is 0 Å². The molecule has 2 aromatic carbocycles. The summed E-state index contributed by atoms with van der Waals surface area (Å²) in [5.74, 6) is 0.870. The fourth-order valence-corrected chi connectivity index (χ4v) is 2.84. The summed E-state index contributed by atoms with van der Waals surface area (Å²) in [5.41, 5.74) is 3.19. The van der Waals surface area contributed by atoms with E-state index in [4.69, 9.17) is 4.74 Å². The summed E-state index contributed by atoms with van der Waals surface area (Å²) in [6.45, 7) is 1.61. The molecular weight excluding hydrogens is 267 g/mol. The third-order valence-corrected chi connectivity index (χ3v) is 3.97. The fourth-order valence-electron chi connectivity index (χ4n) is 2.84. The van der Waals surface area contributed by atoms with Crippen LogP contribution in [-0.4, -0.2) is 5.11 Å². The van der Waals surface area contributed by atoms with E-state index in [0.29, 0.717) is 11.3 Å². The van der Waals surface area contributed by atoms with Crippen molar-refractivity contribution in [3.05, 3.63) is 58.9 Å². The number of fused-ring (bicyclic) bond motifs is 1. The first-order chi connectivity index (χ1) is 10.1. The van der Waals surface area contributed by atoms with E-state index in [1.165, 1.54) is 36.1 Å². The van der Waals surface area contributed by atoms with Crippen LogP contribution < -0.4 is 4.74 Å². The monoisotopic (exact) mass is 286 g/mol. The molecule has 0 saturated heterocycles. The van der Waals surface area contributed by atoms with Gasteiger partial charge in [0.25, 0.3) is 0 Å². The molecule has 1 aliphatic rings. The Morgan fingerprint density at radius 1 is 1.05 bits per heavy atom. The van der Waals surface area contributed by atoms with E-state index in [1.807, 2.05) is 6.07 Å². The molecule has 0 bridgehead atoms. The van der Waals surface area contributed by atoms with Crippen LogP contribution in [-0.2, 0) is 12.8 Å². The van der Waals surface area contributed by atoms with E-state index in [0.717, 1.165) is 18.6 Å². The molecule has 1 aliphatic carbocycles. The predicted molar refractivity (Wildman–Crippen MR) is 80.2 cm³/mol. The Balaban J connectivity index is 1.90. The van der Waals surface area contributed by atoms with Gasteiger partial charge in [0.15, 0.2) is 0 Å². The number of hydrogen-bond donors (Lipinski definition) is 1. The van der Waals surface area contributed by atoms with Crippen molar-refractivity contribution in [2.75, 3.05) is 0 Å². The average molecular weight is 286 g/mol. The van der Waals surface area contributed by atoms with Crippen LogP contribution >= 0.6 is 0 Å². The van der Waals surface area contributed by atoms with Crippen LogP contribution in [0.1, 0.15) is 42.6 Å². The molecule has 3 heteroatoms. The largest absolute Gasteiger partial charge is 0.457 e. The first kappa shape index (κ1) is 14.1. The summed E-state index contributed by atoms with van der Waals surface area (Å²) < 4.78 is 19.2. The van der Waals surface area contributed by atoms with Gasteiger partial charge in [-0.2, -0.15) is 0 Å². The zero-order valence-corrected chi connectivity index (χ0v) is 12.1. The molecule has 3 rings (SSSR count). The normalized spacial score (nSPS) is 15.4. The summed E-state index contributed by atoms with van der Waals surface area (Å²) in [5, 5.41) is 9.75. The van der Waals surface area contributed by atoms with Crippen LogP contribution in [0.25, 0.3) is 0 Å². The highest BCUT2D eigenvalue weighted by Gasteiger charge is 2.14. The van der Waals surface area contributed by atoms with Gasteiger partial charge in [-0.25, -0.2) is 4.39 Å². The summed E-state index contributed by atoms with van der Waals surface area (Å²) in [4.78, 5) is 0. The Labute approximate surface area is 124 Å². The van der Waals surface area contributed by atoms with E-state index in [1.54, 1.807) is 13.0 Å². The lowest BCUT2D eigenvalue weighted by Gasteiger charge is -2.18. The van der Waals surface area contributed by atoms with Crippen LogP contribution in [0, 0.1) is 5.82 Å². The highest BCUT2D eigenvalue weighted by atomic mass is 19.1. The molecular formula is C18H19FO2. The second-order valence-corrected chi connectivity index (χ2v) is 5.60. The molecule has 0 spiro atoms. The van der Waals surface area contributed by atoms with Crippen molar-refractivity contribution in [1.82, 2.24) is 0 Å². The van der Waals surface area contributed by atoms with Crippen molar-refractivity contribution in [2.24, 2.45) is 0 Å². The summed E-state index contributed by atoms with van der Waals surface area (Å²) >= 11 is 0.